The van der Waals surface area contributed by atoms with Crippen LogP contribution in [0.5, 0.6) is 0 Å². The van der Waals surface area contributed by atoms with Crippen LogP contribution in [0.4, 0.5) is 4.79 Å². The van der Waals surface area contributed by atoms with Gasteiger partial charge >= 0.3 is 12.0 Å². The molecule has 0 unspecified atom stereocenters. The maximum absolute atomic E-state index is 11.5. The molecule has 1 aromatic heterocycles. The van der Waals surface area contributed by atoms with Gasteiger partial charge in [-0.2, -0.15) is 0 Å². The zero-order valence-corrected chi connectivity index (χ0v) is 10.6. The van der Waals surface area contributed by atoms with Crippen LogP contribution in [-0.2, 0) is 11.2 Å². The van der Waals surface area contributed by atoms with E-state index in [0.717, 1.165) is 12.1 Å². The summed E-state index contributed by atoms with van der Waals surface area (Å²) >= 11 is 0. The number of carboxylic acid groups (broad SMARTS) is 1. The molecule has 104 valence electrons. The number of hydrogen-bond donors (Lipinski definition) is 4. The van der Waals surface area contributed by atoms with Gasteiger partial charge in [0.1, 0.15) is 0 Å². The summed E-state index contributed by atoms with van der Waals surface area (Å²) < 4.78 is 0. The van der Waals surface area contributed by atoms with Crippen molar-refractivity contribution in [3.05, 3.63) is 18.2 Å². The first-order valence-electron chi connectivity index (χ1n) is 6.35. The number of carbonyl (C=O) groups is 2. The Balaban J connectivity index is 1.66. The van der Waals surface area contributed by atoms with Crippen molar-refractivity contribution in [3.8, 4) is 0 Å². The molecular weight excluding hydrogens is 248 g/mol. The van der Waals surface area contributed by atoms with Crippen LogP contribution in [0.25, 0.3) is 0 Å². The molecule has 7 nitrogen and oxygen atoms in total. The first kappa shape index (κ1) is 13.4. The second-order valence-corrected chi connectivity index (χ2v) is 4.88. The Hall–Kier alpha value is -2.05. The second kappa shape index (κ2) is 5.73. The van der Waals surface area contributed by atoms with E-state index in [0.29, 0.717) is 25.8 Å². The molecule has 0 spiro atoms. The zero-order valence-electron chi connectivity index (χ0n) is 10.6. The summed E-state index contributed by atoms with van der Waals surface area (Å²) in [4.78, 5) is 29.5. The quantitative estimate of drug-likeness (QED) is 0.601. The molecule has 0 saturated heterocycles. The number of hydrogen-bond acceptors (Lipinski definition) is 3. The number of aromatic nitrogens is 2. The van der Waals surface area contributed by atoms with E-state index in [1.165, 1.54) is 0 Å². The minimum atomic E-state index is -0.823. The minimum Gasteiger partial charge on any atom is -0.481 e. The molecule has 1 aliphatic rings. The molecular formula is C12H18N4O3. The number of amides is 2. The van der Waals surface area contributed by atoms with Crippen LogP contribution >= 0.6 is 0 Å². The summed E-state index contributed by atoms with van der Waals surface area (Å²) in [6.45, 7) is 0.673. The molecule has 2 amide bonds. The van der Waals surface area contributed by atoms with Crippen LogP contribution in [-0.4, -0.2) is 40.2 Å². The molecule has 1 saturated carbocycles. The van der Waals surface area contributed by atoms with E-state index in [1.54, 1.807) is 12.5 Å². The molecule has 0 radical (unpaired) electrons. The second-order valence-electron chi connectivity index (χ2n) is 4.88. The lowest BCUT2D eigenvalue weighted by Gasteiger charge is -2.37. The third-order valence-electron chi connectivity index (χ3n) is 3.59. The van der Waals surface area contributed by atoms with Crippen molar-refractivity contribution in [1.82, 2.24) is 20.6 Å². The summed E-state index contributed by atoms with van der Waals surface area (Å²) in [6.07, 6.45) is 6.14. The Morgan fingerprint density at radius 2 is 2.21 bits per heavy atom. The number of imidazole rings is 1. The molecule has 0 aliphatic heterocycles. The number of carbonyl (C=O) groups excluding carboxylic acids is 1. The Labute approximate surface area is 110 Å². The van der Waals surface area contributed by atoms with Crippen molar-refractivity contribution in [3.63, 3.8) is 0 Å². The van der Waals surface area contributed by atoms with Crippen molar-refractivity contribution in [1.29, 1.82) is 0 Å². The molecule has 1 aliphatic carbocycles. The Morgan fingerprint density at radius 3 is 2.74 bits per heavy atom. The highest BCUT2D eigenvalue weighted by Gasteiger charge is 2.44. The van der Waals surface area contributed by atoms with E-state index in [4.69, 9.17) is 5.11 Å². The number of H-pyrrole nitrogens is 1. The molecule has 0 aromatic carbocycles. The fourth-order valence-electron chi connectivity index (χ4n) is 2.11. The van der Waals surface area contributed by atoms with Gasteiger partial charge < -0.3 is 20.7 Å². The molecule has 7 heteroatoms. The topological polar surface area (TPSA) is 107 Å². The van der Waals surface area contributed by atoms with Gasteiger partial charge in [-0.3, -0.25) is 4.79 Å². The van der Waals surface area contributed by atoms with E-state index < -0.39 is 11.4 Å². The minimum absolute atomic E-state index is 0.193. The maximum atomic E-state index is 11.5. The number of nitrogens with one attached hydrogen (secondary N) is 3. The van der Waals surface area contributed by atoms with Crippen molar-refractivity contribution < 1.29 is 14.7 Å². The van der Waals surface area contributed by atoms with E-state index in [2.05, 4.69) is 20.6 Å². The van der Waals surface area contributed by atoms with Crippen LogP contribution in [0.1, 0.15) is 25.0 Å². The zero-order chi connectivity index (χ0) is 13.7. The van der Waals surface area contributed by atoms with E-state index in [1.807, 2.05) is 0 Å². The summed E-state index contributed by atoms with van der Waals surface area (Å²) in [5, 5.41) is 14.4. The van der Waals surface area contributed by atoms with Crippen molar-refractivity contribution in [2.45, 2.75) is 25.7 Å². The van der Waals surface area contributed by atoms with Gasteiger partial charge in [0.15, 0.2) is 0 Å². The molecule has 19 heavy (non-hydrogen) atoms. The van der Waals surface area contributed by atoms with Crippen molar-refractivity contribution in [2.75, 3.05) is 13.1 Å². The molecule has 1 aromatic rings. The van der Waals surface area contributed by atoms with Crippen LogP contribution in [0.3, 0.4) is 0 Å². The van der Waals surface area contributed by atoms with Gasteiger partial charge in [0, 0.05) is 31.4 Å². The average Bonchev–Trinajstić information content (AvgIpc) is 2.80. The Morgan fingerprint density at radius 1 is 1.42 bits per heavy atom. The first-order valence-corrected chi connectivity index (χ1v) is 6.35. The van der Waals surface area contributed by atoms with E-state index in [9.17, 15) is 9.59 Å². The summed E-state index contributed by atoms with van der Waals surface area (Å²) in [6, 6.07) is -0.327. The number of nitrogens with zero attached hydrogens (tertiary/aromatic N) is 1. The van der Waals surface area contributed by atoms with E-state index >= 15 is 0 Å². The van der Waals surface area contributed by atoms with Crippen LogP contribution in [0.15, 0.2) is 12.5 Å². The van der Waals surface area contributed by atoms with Gasteiger partial charge in [-0.1, -0.05) is 6.42 Å². The fourth-order valence-corrected chi connectivity index (χ4v) is 2.11. The molecule has 1 fully saturated rings. The van der Waals surface area contributed by atoms with E-state index in [-0.39, 0.29) is 12.6 Å². The van der Waals surface area contributed by atoms with Gasteiger partial charge in [0.25, 0.3) is 0 Å². The summed E-state index contributed by atoms with van der Waals surface area (Å²) in [7, 11) is 0. The average molecular weight is 266 g/mol. The smallest absolute Gasteiger partial charge is 0.314 e. The highest BCUT2D eigenvalue weighted by atomic mass is 16.4. The highest BCUT2D eigenvalue weighted by molar-refractivity contribution is 5.78. The lowest BCUT2D eigenvalue weighted by Crippen LogP contribution is -2.49. The fraction of sp³-hybridized carbons (Fsp3) is 0.583. The number of urea groups is 1. The third kappa shape index (κ3) is 3.24. The Kier molecular flexibility index (Phi) is 4.03. The number of aliphatic carboxylic acids is 1. The van der Waals surface area contributed by atoms with Crippen molar-refractivity contribution >= 4 is 12.0 Å². The predicted molar refractivity (Wildman–Crippen MR) is 67.6 cm³/mol. The van der Waals surface area contributed by atoms with Gasteiger partial charge in [-0.05, 0) is 12.8 Å². The lowest BCUT2D eigenvalue weighted by atomic mass is 9.69. The predicted octanol–water partition coefficient (Wildman–Crippen LogP) is 0.506. The van der Waals surface area contributed by atoms with Crippen molar-refractivity contribution in [2.24, 2.45) is 5.41 Å². The molecule has 0 bridgehead atoms. The van der Waals surface area contributed by atoms with Crippen LogP contribution < -0.4 is 10.6 Å². The molecule has 4 N–H and O–H groups in total. The lowest BCUT2D eigenvalue weighted by molar-refractivity contribution is -0.153. The van der Waals surface area contributed by atoms with Crippen LogP contribution in [0.2, 0.25) is 0 Å². The molecule has 1 heterocycles. The monoisotopic (exact) mass is 266 g/mol. The molecule has 2 rings (SSSR count). The van der Waals surface area contributed by atoms with Gasteiger partial charge in [-0.25, -0.2) is 9.78 Å². The standard InChI is InChI=1S/C12H18N4O3/c17-10(18)12(3-1-4-12)7-15-11(19)14-5-2-9-6-13-8-16-9/h6,8H,1-5,7H2,(H,13,16)(H,17,18)(H2,14,15,19). The summed E-state index contributed by atoms with van der Waals surface area (Å²) in [5.74, 6) is -0.823. The number of rotatable bonds is 6. The maximum Gasteiger partial charge on any atom is 0.314 e. The number of carboxylic acids is 1. The third-order valence-corrected chi connectivity index (χ3v) is 3.59. The normalized spacial score (nSPS) is 16.4. The molecule has 0 atom stereocenters. The first-order chi connectivity index (χ1) is 9.12. The van der Waals surface area contributed by atoms with Gasteiger partial charge in [-0.15, -0.1) is 0 Å². The van der Waals surface area contributed by atoms with Gasteiger partial charge in [0.05, 0.1) is 11.7 Å². The SMILES string of the molecule is O=C(NCCc1cnc[nH]1)NCC1(C(=O)O)CCC1. The Bertz CT molecular complexity index is 440. The highest BCUT2D eigenvalue weighted by Crippen LogP contribution is 2.40. The van der Waals surface area contributed by atoms with Crippen LogP contribution in [0, 0.1) is 5.41 Å². The summed E-state index contributed by atoms with van der Waals surface area (Å²) in [5.41, 5.74) is 0.196. The van der Waals surface area contributed by atoms with Gasteiger partial charge in [0.2, 0.25) is 0 Å². The largest absolute Gasteiger partial charge is 0.481 e. The number of aromatic amines is 1.